The van der Waals surface area contributed by atoms with Crippen molar-refractivity contribution in [2.24, 2.45) is 10.5 Å². The van der Waals surface area contributed by atoms with Gasteiger partial charge in [-0.15, -0.1) is 0 Å². The van der Waals surface area contributed by atoms with Gasteiger partial charge < -0.3 is 4.74 Å². The van der Waals surface area contributed by atoms with E-state index < -0.39 is 0 Å². The van der Waals surface area contributed by atoms with Crippen molar-refractivity contribution < 1.29 is 4.74 Å². The van der Waals surface area contributed by atoms with Crippen LogP contribution in [0.1, 0.15) is 26.0 Å². The summed E-state index contributed by atoms with van der Waals surface area (Å²) in [5.74, 6) is 0.758. The molecule has 0 fully saturated rings. The van der Waals surface area contributed by atoms with Crippen molar-refractivity contribution in [1.29, 1.82) is 0 Å². The lowest BCUT2D eigenvalue weighted by Crippen LogP contribution is -2.26. The van der Waals surface area contributed by atoms with Gasteiger partial charge in [0.05, 0.1) is 23.2 Å². The largest absolute Gasteiger partial charge is 0.491 e. The van der Waals surface area contributed by atoms with E-state index in [-0.39, 0.29) is 5.41 Å². The lowest BCUT2D eigenvalue weighted by Gasteiger charge is -2.23. The van der Waals surface area contributed by atoms with Crippen molar-refractivity contribution in [1.82, 2.24) is 15.0 Å². The van der Waals surface area contributed by atoms with Crippen LogP contribution in [0.4, 0.5) is 5.13 Å². The standard InChI is InChI=1S/C17H16ClN5OS/c1-17(2)5-7-24-11-4-3-6-19-14(11)15(17)22-23-16-21-10-9-20-13(18)8-12(10)25-16/h3-4,6,8-9H,5,7H2,1-2H3,(H,21,23)/b22-15-. The Balaban J connectivity index is 1.72. The molecular weight excluding hydrogens is 358 g/mol. The number of nitrogens with zero attached hydrogens (tertiary/aromatic N) is 4. The smallest absolute Gasteiger partial charge is 0.204 e. The van der Waals surface area contributed by atoms with E-state index in [1.165, 1.54) is 11.3 Å². The van der Waals surface area contributed by atoms with Gasteiger partial charge in [0.1, 0.15) is 22.1 Å². The Morgan fingerprint density at radius 2 is 2.24 bits per heavy atom. The molecule has 0 aliphatic carbocycles. The zero-order chi connectivity index (χ0) is 17.4. The first-order valence-electron chi connectivity index (χ1n) is 7.87. The van der Waals surface area contributed by atoms with E-state index in [1.807, 2.05) is 12.1 Å². The van der Waals surface area contributed by atoms with Gasteiger partial charge >= 0.3 is 0 Å². The average molecular weight is 374 g/mol. The third-order valence-electron chi connectivity index (χ3n) is 4.13. The number of aromatic nitrogens is 3. The molecule has 8 heteroatoms. The predicted molar refractivity (Wildman–Crippen MR) is 101 cm³/mol. The van der Waals surface area contributed by atoms with Gasteiger partial charge in [-0.3, -0.25) is 10.4 Å². The number of fused-ring (bicyclic) bond motifs is 2. The lowest BCUT2D eigenvalue weighted by atomic mass is 9.83. The van der Waals surface area contributed by atoms with E-state index >= 15 is 0 Å². The van der Waals surface area contributed by atoms with Crippen LogP contribution in [0.25, 0.3) is 10.2 Å². The Labute approximate surface area is 153 Å². The molecule has 1 aliphatic rings. The second-order valence-electron chi connectivity index (χ2n) is 6.40. The summed E-state index contributed by atoms with van der Waals surface area (Å²) in [6, 6.07) is 5.59. The molecule has 3 aromatic heterocycles. The zero-order valence-corrected chi connectivity index (χ0v) is 15.4. The first-order valence-corrected chi connectivity index (χ1v) is 9.07. The zero-order valence-electron chi connectivity index (χ0n) is 13.8. The number of pyridine rings is 2. The number of hydrogen-bond donors (Lipinski definition) is 1. The van der Waals surface area contributed by atoms with E-state index in [2.05, 4.69) is 39.3 Å². The van der Waals surface area contributed by atoms with Gasteiger partial charge in [0.25, 0.3) is 0 Å². The van der Waals surface area contributed by atoms with Gasteiger partial charge in [0.2, 0.25) is 5.13 Å². The minimum Gasteiger partial charge on any atom is -0.491 e. The van der Waals surface area contributed by atoms with Crippen LogP contribution < -0.4 is 10.2 Å². The van der Waals surface area contributed by atoms with E-state index in [0.29, 0.717) is 16.9 Å². The lowest BCUT2D eigenvalue weighted by molar-refractivity contribution is 0.279. The van der Waals surface area contributed by atoms with Crippen LogP contribution in [-0.4, -0.2) is 27.3 Å². The van der Waals surface area contributed by atoms with Crippen molar-refractivity contribution in [3.8, 4) is 5.75 Å². The molecule has 25 heavy (non-hydrogen) atoms. The molecule has 4 heterocycles. The molecule has 0 radical (unpaired) electrons. The maximum absolute atomic E-state index is 5.94. The molecule has 0 saturated carbocycles. The van der Waals surface area contributed by atoms with E-state index in [4.69, 9.17) is 16.3 Å². The SMILES string of the molecule is CC1(C)CCOc2cccnc2/C1=N/Nc1nc2cnc(Cl)cc2s1. The number of nitrogens with one attached hydrogen (secondary N) is 1. The Bertz CT molecular complexity index is 969. The fraction of sp³-hybridized carbons (Fsp3) is 0.294. The van der Waals surface area contributed by atoms with Crippen LogP contribution in [0.3, 0.4) is 0 Å². The first kappa shape index (κ1) is 16.2. The summed E-state index contributed by atoms with van der Waals surface area (Å²) in [5.41, 5.74) is 5.32. The van der Waals surface area contributed by atoms with Gasteiger partial charge in [0.15, 0.2) is 0 Å². The third-order valence-corrected chi connectivity index (χ3v) is 5.25. The van der Waals surface area contributed by atoms with Gasteiger partial charge in [-0.2, -0.15) is 5.10 Å². The van der Waals surface area contributed by atoms with Crippen molar-refractivity contribution in [3.05, 3.63) is 41.4 Å². The molecule has 1 aliphatic heterocycles. The Kier molecular flexibility index (Phi) is 4.05. The molecule has 0 unspecified atom stereocenters. The summed E-state index contributed by atoms with van der Waals surface area (Å²) in [4.78, 5) is 13.0. The second-order valence-corrected chi connectivity index (χ2v) is 7.82. The van der Waals surface area contributed by atoms with Gasteiger partial charge in [-0.25, -0.2) is 9.97 Å². The molecule has 6 nitrogen and oxygen atoms in total. The van der Waals surface area contributed by atoms with Crippen LogP contribution >= 0.6 is 22.9 Å². The van der Waals surface area contributed by atoms with Gasteiger partial charge in [-0.05, 0) is 24.6 Å². The quantitative estimate of drug-likeness (QED) is 0.533. The molecule has 4 rings (SSSR count). The number of rotatable bonds is 2. The molecule has 0 aromatic carbocycles. The number of thiazole rings is 1. The maximum atomic E-state index is 5.94. The summed E-state index contributed by atoms with van der Waals surface area (Å²) in [7, 11) is 0. The monoisotopic (exact) mass is 373 g/mol. The van der Waals surface area contributed by atoms with Crippen molar-refractivity contribution in [3.63, 3.8) is 0 Å². The minimum atomic E-state index is -0.172. The predicted octanol–water partition coefficient (Wildman–Crippen LogP) is 4.36. The molecule has 0 saturated heterocycles. The fourth-order valence-electron chi connectivity index (χ4n) is 2.70. The number of hydrazone groups is 1. The molecule has 1 N–H and O–H groups in total. The van der Waals surface area contributed by atoms with Gasteiger partial charge in [-0.1, -0.05) is 36.8 Å². The number of halogens is 1. The van der Waals surface area contributed by atoms with Crippen LogP contribution in [0.15, 0.2) is 35.7 Å². The molecule has 0 spiro atoms. The molecular formula is C17H16ClN5OS. The minimum absolute atomic E-state index is 0.172. The number of anilines is 1. The summed E-state index contributed by atoms with van der Waals surface area (Å²) in [6.45, 7) is 4.92. The van der Waals surface area contributed by atoms with E-state index in [1.54, 1.807) is 18.5 Å². The van der Waals surface area contributed by atoms with Crippen LogP contribution in [0.5, 0.6) is 5.75 Å². The molecule has 128 valence electrons. The van der Waals surface area contributed by atoms with Crippen molar-refractivity contribution in [2.75, 3.05) is 12.0 Å². The maximum Gasteiger partial charge on any atom is 0.204 e. The molecule has 3 aromatic rings. The van der Waals surface area contributed by atoms with Crippen LogP contribution in [-0.2, 0) is 0 Å². The van der Waals surface area contributed by atoms with E-state index in [0.717, 1.165) is 33.8 Å². The molecule has 0 atom stereocenters. The highest BCUT2D eigenvalue weighted by atomic mass is 35.5. The number of hydrogen-bond acceptors (Lipinski definition) is 7. The summed E-state index contributed by atoms with van der Waals surface area (Å²) in [6.07, 6.45) is 4.26. The average Bonchev–Trinajstić information content (AvgIpc) is 2.92. The fourth-order valence-corrected chi connectivity index (χ4v) is 3.74. The molecule has 0 bridgehead atoms. The molecule has 0 amide bonds. The van der Waals surface area contributed by atoms with Crippen LogP contribution in [0.2, 0.25) is 5.15 Å². The van der Waals surface area contributed by atoms with Gasteiger partial charge in [0, 0.05) is 11.6 Å². The highest BCUT2D eigenvalue weighted by Crippen LogP contribution is 2.34. The van der Waals surface area contributed by atoms with Crippen molar-refractivity contribution in [2.45, 2.75) is 20.3 Å². The Morgan fingerprint density at radius 1 is 1.36 bits per heavy atom. The Morgan fingerprint density at radius 3 is 3.12 bits per heavy atom. The normalized spacial score (nSPS) is 17.8. The topological polar surface area (TPSA) is 72.3 Å². The van der Waals surface area contributed by atoms with E-state index in [9.17, 15) is 0 Å². The highest BCUT2D eigenvalue weighted by molar-refractivity contribution is 7.22. The third kappa shape index (κ3) is 3.17. The first-order chi connectivity index (χ1) is 12.0. The summed E-state index contributed by atoms with van der Waals surface area (Å²) in [5, 5.41) is 5.78. The summed E-state index contributed by atoms with van der Waals surface area (Å²) < 4.78 is 6.78. The highest BCUT2D eigenvalue weighted by Gasteiger charge is 2.32. The van der Waals surface area contributed by atoms with Crippen LogP contribution in [0, 0.1) is 5.41 Å². The van der Waals surface area contributed by atoms with Crippen molar-refractivity contribution >= 4 is 44.0 Å². The summed E-state index contributed by atoms with van der Waals surface area (Å²) >= 11 is 7.42. The number of ether oxygens (including phenoxy) is 1. The second kappa shape index (κ2) is 6.24. The Hall–Kier alpha value is -2.25.